The van der Waals surface area contributed by atoms with Crippen LogP contribution in [-0.2, 0) is 4.74 Å². The van der Waals surface area contributed by atoms with Crippen molar-refractivity contribution in [2.24, 2.45) is 0 Å². The molecule has 112 valence electrons. The average molecular weight is 300 g/mol. The molecular formula is C13H11F3N2O3. The predicted octanol–water partition coefficient (Wildman–Crippen LogP) is 3.07. The standard InChI is InChI=1S/C13H11F3N2O3/c1-7-10(9(6-18-7)12(19)20-2)8-4-3-5-17-11(8)21-13(14,15)16/h3-6,18H,1-2H3. The van der Waals surface area contributed by atoms with E-state index in [4.69, 9.17) is 0 Å². The molecule has 0 aromatic carbocycles. The molecule has 21 heavy (non-hydrogen) atoms. The van der Waals surface area contributed by atoms with E-state index in [9.17, 15) is 18.0 Å². The van der Waals surface area contributed by atoms with Crippen LogP contribution in [0, 0.1) is 6.92 Å². The van der Waals surface area contributed by atoms with Crippen LogP contribution in [0.5, 0.6) is 5.88 Å². The Morgan fingerprint density at radius 1 is 1.38 bits per heavy atom. The second kappa shape index (κ2) is 5.47. The Hall–Kier alpha value is -2.51. The largest absolute Gasteiger partial charge is 0.574 e. The first-order chi connectivity index (χ1) is 9.83. The molecule has 0 bridgehead atoms. The highest BCUT2D eigenvalue weighted by atomic mass is 19.4. The Bertz CT molecular complexity index is 665. The number of carbonyl (C=O) groups is 1. The summed E-state index contributed by atoms with van der Waals surface area (Å²) in [7, 11) is 1.19. The number of aryl methyl sites for hydroxylation is 1. The molecule has 0 amide bonds. The number of hydrogen-bond donors (Lipinski definition) is 1. The molecule has 0 saturated carbocycles. The Kier molecular flexibility index (Phi) is 3.88. The Morgan fingerprint density at radius 3 is 2.71 bits per heavy atom. The fourth-order valence-electron chi connectivity index (χ4n) is 1.92. The topological polar surface area (TPSA) is 64.2 Å². The van der Waals surface area contributed by atoms with Crippen molar-refractivity contribution in [3.63, 3.8) is 0 Å². The third-order valence-corrected chi connectivity index (χ3v) is 2.74. The molecule has 0 unspecified atom stereocenters. The second-order valence-corrected chi connectivity index (χ2v) is 4.10. The van der Waals surface area contributed by atoms with Crippen molar-refractivity contribution < 1.29 is 27.4 Å². The maximum Gasteiger partial charge on any atom is 0.574 e. The summed E-state index contributed by atoms with van der Waals surface area (Å²) in [6.07, 6.45) is -2.34. The predicted molar refractivity (Wildman–Crippen MR) is 66.8 cm³/mol. The summed E-state index contributed by atoms with van der Waals surface area (Å²) in [4.78, 5) is 18.0. The summed E-state index contributed by atoms with van der Waals surface area (Å²) >= 11 is 0. The van der Waals surface area contributed by atoms with Gasteiger partial charge in [-0.15, -0.1) is 13.2 Å². The number of nitrogens with zero attached hydrogens (tertiary/aromatic N) is 1. The lowest BCUT2D eigenvalue weighted by Crippen LogP contribution is -2.18. The summed E-state index contributed by atoms with van der Waals surface area (Å²) < 4.78 is 45.8. The van der Waals surface area contributed by atoms with E-state index >= 15 is 0 Å². The number of carbonyl (C=O) groups excluding carboxylic acids is 1. The third-order valence-electron chi connectivity index (χ3n) is 2.74. The van der Waals surface area contributed by atoms with Crippen LogP contribution in [-0.4, -0.2) is 29.4 Å². The quantitative estimate of drug-likeness (QED) is 0.885. The van der Waals surface area contributed by atoms with Crippen molar-refractivity contribution in [3.8, 4) is 17.0 Å². The van der Waals surface area contributed by atoms with Crippen molar-refractivity contribution in [1.82, 2.24) is 9.97 Å². The highest BCUT2D eigenvalue weighted by Gasteiger charge is 2.33. The molecule has 0 radical (unpaired) electrons. The fourth-order valence-corrected chi connectivity index (χ4v) is 1.92. The number of esters is 1. The van der Waals surface area contributed by atoms with Crippen molar-refractivity contribution in [2.75, 3.05) is 7.11 Å². The smallest absolute Gasteiger partial charge is 0.465 e. The van der Waals surface area contributed by atoms with Crippen LogP contribution in [0.3, 0.4) is 0 Å². The van der Waals surface area contributed by atoms with Crippen LogP contribution < -0.4 is 4.74 Å². The number of rotatable bonds is 3. The summed E-state index contributed by atoms with van der Waals surface area (Å²) in [6, 6.07) is 2.84. The normalized spacial score (nSPS) is 11.3. The molecule has 0 fully saturated rings. The van der Waals surface area contributed by atoms with Gasteiger partial charge in [-0.05, 0) is 19.1 Å². The molecular weight excluding hydrogens is 289 g/mol. The number of hydrogen-bond acceptors (Lipinski definition) is 4. The van der Waals surface area contributed by atoms with E-state index in [0.717, 1.165) is 0 Å². The second-order valence-electron chi connectivity index (χ2n) is 4.10. The van der Waals surface area contributed by atoms with Gasteiger partial charge in [0.2, 0.25) is 5.88 Å². The number of halogens is 3. The first-order valence-electron chi connectivity index (χ1n) is 5.81. The molecule has 8 heteroatoms. The Balaban J connectivity index is 2.58. The molecule has 2 rings (SSSR count). The lowest BCUT2D eigenvalue weighted by atomic mass is 10.0. The number of alkyl halides is 3. The number of H-pyrrole nitrogens is 1. The molecule has 2 aromatic heterocycles. The van der Waals surface area contributed by atoms with Crippen LogP contribution >= 0.6 is 0 Å². The number of ether oxygens (including phenoxy) is 2. The highest BCUT2D eigenvalue weighted by molar-refractivity contribution is 5.98. The van der Waals surface area contributed by atoms with Crippen molar-refractivity contribution in [2.45, 2.75) is 13.3 Å². The highest BCUT2D eigenvalue weighted by Crippen LogP contribution is 2.35. The van der Waals surface area contributed by atoms with Gasteiger partial charge in [0.05, 0.1) is 12.7 Å². The molecule has 5 nitrogen and oxygen atoms in total. The molecule has 0 aliphatic heterocycles. The van der Waals surface area contributed by atoms with Crippen LogP contribution in [0.15, 0.2) is 24.5 Å². The number of pyridine rings is 1. The van der Waals surface area contributed by atoms with Crippen LogP contribution in [0.1, 0.15) is 16.1 Å². The Morgan fingerprint density at radius 2 is 2.10 bits per heavy atom. The lowest BCUT2D eigenvalue weighted by Gasteiger charge is -2.12. The summed E-state index contributed by atoms with van der Waals surface area (Å²) in [5, 5.41) is 0. The molecule has 2 heterocycles. The first kappa shape index (κ1) is 14.9. The number of methoxy groups -OCH3 is 1. The van der Waals surface area contributed by atoms with Gasteiger partial charge in [0, 0.05) is 29.2 Å². The monoisotopic (exact) mass is 300 g/mol. The van der Waals surface area contributed by atoms with Gasteiger partial charge in [-0.3, -0.25) is 0 Å². The number of aromatic nitrogens is 2. The van der Waals surface area contributed by atoms with Gasteiger partial charge in [0.1, 0.15) is 0 Å². The van der Waals surface area contributed by atoms with Crippen LogP contribution in [0.2, 0.25) is 0 Å². The van der Waals surface area contributed by atoms with Gasteiger partial charge in [-0.2, -0.15) is 0 Å². The van der Waals surface area contributed by atoms with E-state index in [1.807, 2.05) is 0 Å². The van der Waals surface area contributed by atoms with Crippen LogP contribution in [0.25, 0.3) is 11.1 Å². The molecule has 2 aromatic rings. The molecule has 0 atom stereocenters. The van der Waals surface area contributed by atoms with E-state index < -0.39 is 18.2 Å². The van der Waals surface area contributed by atoms with Gasteiger partial charge in [0.15, 0.2) is 0 Å². The van der Waals surface area contributed by atoms with Gasteiger partial charge in [-0.1, -0.05) is 0 Å². The minimum atomic E-state index is -4.88. The summed E-state index contributed by atoms with van der Waals surface area (Å²) in [5.41, 5.74) is 0.911. The average Bonchev–Trinajstić information content (AvgIpc) is 2.78. The molecule has 0 aliphatic rings. The van der Waals surface area contributed by atoms with E-state index in [2.05, 4.69) is 19.4 Å². The van der Waals surface area contributed by atoms with Crippen molar-refractivity contribution in [1.29, 1.82) is 0 Å². The summed E-state index contributed by atoms with van der Waals surface area (Å²) in [6.45, 7) is 1.62. The lowest BCUT2D eigenvalue weighted by molar-refractivity contribution is -0.275. The van der Waals surface area contributed by atoms with Gasteiger partial charge in [-0.25, -0.2) is 9.78 Å². The summed E-state index contributed by atoms with van der Waals surface area (Å²) in [5.74, 6) is -1.30. The maximum atomic E-state index is 12.4. The number of aromatic amines is 1. The van der Waals surface area contributed by atoms with E-state index in [0.29, 0.717) is 5.69 Å². The Labute approximate surface area is 117 Å². The van der Waals surface area contributed by atoms with Gasteiger partial charge in [0.25, 0.3) is 0 Å². The van der Waals surface area contributed by atoms with Gasteiger partial charge >= 0.3 is 12.3 Å². The fraction of sp³-hybridized carbons (Fsp3) is 0.231. The zero-order chi connectivity index (χ0) is 15.6. The van der Waals surface area contributed by atoms with E-state index in [1.54, 1.807) is 6.92 Å². The van der Waals surface area contributed by atoms with E-state index in [1.165, 1.54) is 31.6 Å². The van der Waals surface area contributed by atoms with E-state index in [-0.39, 0.29) is 16.7 Å². The third kappa shape index (κ3) is 3.15. The molecule has 0 spiro atoms. The van der Waals surface area contributed by atoms with Crippen LogP contribution in [0.4, 0.5) is 13.2 Å². The number of nitrogens with one attached hydrogen (secondary N) is 1. The minimum Gasteiger partial charge on any atom is -0.465 e. The van der Waals surface area contributed by atoms with Gasteiger partial charge < -0.3 is 14.5 Å². The first-order valence-corrected chi connectivity index (χ1v) is 5.81. The molecule has 0 aliphatic carbocycles. The zero-order valence-electron chi connectivity index (χ0n) is 11.1. The molecule has 1 N–H and O–H groups in total. The van der Waals surface area contributed by atoms with Crippen molar-refractivity contribution in [3.05, 3.63) is 35.8 Å². The minimum absolute atomic E-state index is 0.0500. The zero-order valence-corrected chi connectivity index (χ0v) is 11.1. The maximum absolute atomic E-state index is 12.4. The van der Waals surface area contributed by atoms with Crippen molar-refractivity contribution >= 4 is 5.97 Å². The molecule has 0 saturated heterocycles. The SMILES string of the molecule is COC(=O)c1c[nH]c(C)c1-c1cccnc1OC(F)(F)F.